The van der Waals surface area contributed by atoms with E-state index in [1.807, 2.05) is 16.0 Å². The molecule has 0 aromatic heterocycles. The van der Waals surface area contributed by atoms with E-state index in [1.165, 1.54) is 0 Å². The third-order valence-electron chi connectivity index (χ3n) is 3.49. The summed E-state index contributed by atoms with van der Waals surface area (Å²) in [6.07, 6.45) is -2.64. The summed E-state index contributed by atoms with van der Waals surface area (Å²) in [6, 6.07) is -6.51. The van der Waals surface area contributed by atoms with E-state index in [0.29, 0.717) is 0 Å². The van der Waals surface area contributed by atoms with Gasteiger partial charge in [0.25, 0.3) is 0 Å². The Kier molecular flexibility index (Phi) is 10.5. The molecule has 4 atom stereocenters. The third-order valence-corrected chi connectivity index (χ3v) is 3.49. The van der Waals surface area contributed by atoms with E-state index in [9.17, 15) is 33.6 Å². The molecule has 0 aliphatic rings. The van der Waals surface area contributed by atoms with Crippen LogP contribution in [-0.4, -0.2) is 86.2 Å². The lowest BCUT2D eigenvalue weighted by Crippen LogP contribution is -2.57. The number of carboxylic acid groups (broad SMARTS) is 4. The number of nitrogens with two attached hydrogens (primary N) is 1. The molecule has 15 nitrogen and oxygen atoms in total. The van der Waals surface area contributed by atoms with E-state index in [1.54, 1.807) is 0 Å². The zero-order chi connectivity index (χ0) is 23.6. The summed E-state index contributed by atoms with van der Waals surface area (Å²) in [7, 11) is 0. The highest BCUT2D eigenvalue weighted by Gasteiger charge is 2.30. The molecule has 4 unspecified atom stereocenters. The van der Waals surface area contributed by atoms with Crippen molar-refractivity contribution in [2.24, 2.45) is 5.73 Å². The Morgan fingerprint density at radius 3 is 1.53 bits per heavy atom. The van der Waals surface area contributed by atoms with E-state index in [-0.39, 0.29) is 0 Å². The lowest BCUT2D eigenvalue weighted by atomic mass is 10.1. The number of carbonyl (C=O) groups is 7. The van der Waals surface area contributed by atoms with Gasteiger partial charge in [0.15, 0.2) is 0 Å². The summed E-state index contributed by atoms with van der Waals surface area (Å²) < 4.78 is 0. The van der Waals surface area contributed by atoms with Crippen LogP contribution in [0.25, 0.3) is 0 Å². The highest BCUT2D eigenvalue weighted by atomic mass is 16.4. The van der Waals surface area contributed by atoms with Crippen molar-refractivity contribution in [3.63, 3.8) is 0 Å². The summed E-state index contributed by atoms with van der Waals surface area (Å²) in [5, 5.41) is 40.9. The predicted octanol–water partition coefficient (Wildman–Crippen LogP) is -3.70. The molecule has 0 heterocycles. The van der Waals surface area contributed by atoms with Crippen LogP contribution < -0.4 is 21.7 Å². The fourth-order valence-corrected chi connectivity index (χ4v) is 1.99. The van der Waals surface area contributed by atoms with Gasteiger partial charge in [-0.15, -0.1) is 0 Å². The maximum Gasteiger partial charge on any atom is 0.326 e. The number of amides is 3. The molecule has 3 amide bonds. The number of hydrogen-bond donors (Lipinski definition) is 8. The summed E-state index contributed by atoms with van der Waals surface area (Å²) in [5.74, 6) is -9.40. The molecular weight excluding hydrogens is 412 g/mol. The van der Waals surface area contributed by atoms with Gasteiger partial charge in [-0.25, -0.2) is 4.79 Å². The molecule has 0 radical (unpaired) electrons. The second-order valence-electron chi connectivity index (χ2n) is 6.09. The Morgan fingerprint density at radius 2 is 1.10 bits per heavy atom. The number of carbonyl (C=O) groups excluding carboxylic acids is 3. The molecule has 30 heavy (non-hydrogen) atoms. The lowest BCUT2D eigenvalue weighted by Gasteiger charge is -2.22. The van der Waals surface area contributed by atoms with Crippen LogP contribution in [0.2, 0.25) is 0 Å². The van der Waals surface area contributed by atoms with Crippen molar-refractivity contribution in [3.05, 3.63) is 0 Å². The molecule has 0 aliphatic heterocycles. The maximum absolute atomic E-state index is 12.2. The van der Waals surface area contributed by atoms with Crippen molar-refractivity contribution >= 4 is 41.6 Å². The van der Waals surface area contributed by atoms with Gasteiger partial charge < -0.3 is 42.1 Å². The Morgan fingerprint density at radius 1 is 0.667 bits per heavy atom. The summed E-state index contributed by atoms with van der Waals surface area (Å²) in [5.41, 5.74) is 5.33. The molecule has 0 saturated heterocycles. The van der Waals surface area contributed by atoms with E-state index in [2.05, 4.69) is 0 Å². The first kappa shape index (κ1) is 26.2. The monoisotopic (exact) mass is 434 g/mol. The minimum Gasteiger partial charge on any atom is -0.481 e. The lowest BCUT2D eigenvalue weighted by molar-refractivity contribution is -0.147. The van der Waals surface area contributed by atoms with Gasteiger partial charge in [-0.1, -0.05) is 0 Å². The van der Waals surface area contributed by atoms with Crippen molar-refractivity contribution in [1.29, 1.82) is 0 Å². The molecule has 0 aromatic rings. The molecule has 168 valence electrons. The van der Waals surface area contributed by atoms with Crippen LogP contribution in [-0.2, 0) is 33.6 Å². The van der Waals surface area contributed by atoms with Crippen LogP contribution >= 0.6 is 0 Å². The predicted molar refractivity (Wildman–Crippen MR) is 93.8 cm³/mol. The van der Waals surface area contributed by atoms with Crippen LogP contribution in [0.4, 0.5) is 0 Å². The van der Waals surface area contributed by atoms with E-state index < -0.39 is 85.0 Å². The first-order valence-corrected chi connectivity index (χ1v) is 8.29. The highest BCUT2D eigenvalue weighted by Crippen LogP contribution is 1.99. The van der Waals surface area contributed by atoms with Gasteiger partial charge in [-0.3, -0.25) is 28.8 Å². The Bertz CT molecular complexity index is 723. The fourth-order valence-electron chi connectivity index (χ4n) is 1.99. The largest absolute Gasteiger partial charge is 0.481 e. The average Bonchev–Trinajstić information content (AvgIpc) is 2.58. The van der Waals surface area contributed by atoms with Crippen molar-refractivity contribution in [3.8, 4) is 0 Å². The van der Waals surface area contributed by atoms with E-state index in [4.69, 9.17) is 26.2 Å². The molecule has 0 aliphatic carbocycles. The van der Waals surface area contributed by atoms with Crippen molar-refractivity contribution in [2.45, 2.75) is 50.4 Å². The highest BCUT2D eigenvalue weighted by molar-refractivity contribution is 5.96. The minimum absolute atomic E-state index is 0.786. The molecule has 0 rings (SSSR count). The number of rotatable bonds is 13. The second kappa shape index (κ2) is 11.9. The first-order chi connectivity index (χ1) is 13.7. The van der Waals surface area contributed by atoms with Gasteiger partial charge in [0.2, 0.25) is 17.7 Å². The second-order valence-corrected chi connectivity index (χ2v) is 6.09. The molecule has 0 spiro atoms. The average molecular weight is 434 g/mol. The number of carboxylic acids is 4. The van der Waals surface area contributed by atoms with Gasteiger partial charge >= 0.3 is 23.9 Å². The van der Waals surface area contributed by atoms with Gasteiger partial charge in [0, 0.05) is 0 Å². The smallest absolute Gasteiger partial charge is 0.326 e. The van der Waals surface area contributed by atoms with Gasteiger partial charge in [-0.2, -0.15) is 0 Å². The number of nitrogens with one attached hydrogen (secondary N) is 3. The van der Waals surface area contributed by atoms with Gasteiger partial charge in [0.05, 0.1) is 25.3 Å². The van der Waals surface area contributed by atoms with Crippen molar-refractivity contribution < 1.29 is 54.0 Å². The van der Waals surface area contributed by atoms with E-state index >= 15 is 0 Å². The number of aliphatic carboxylic acids is 4. The molecule has 15 heteroatoms. The van der Waals surface area contributed by atoms with Crippen LogP contribution in [0, 0.1) is 0 Å². The van der Waals surface area contributed by atoms with Gasteiger partial charge in [0.1, 0.15) is 18.1 Å². The Hall–Kier alpha value is -3.75. The molecule has 0 fully saturated rings. The van der Waals surface area contributed by atoms with Crippen molar-refractivity contribution in [1.82, 2.24) is 16.0 Å². The van der Waals surface area contributed by atoms with Gasteiger partial charge in [-0.05, 0) is 6.92 Å². The van der Waals surface area contributed by atoms with Crippen LogP contribution in [0.1, 0.15) is 26.2 Å². The normalized spacial score (nSPS) is 14.3. The van der Waals surface area contributed by atoms with E-state index in [0.717, 1.165) is 6.92 Å². The molecular formula is C15H22N4O11. The quantitative estimate of drug-likeness (QED) is 0.139. The number of hydrogen-bond acceptors (Lipinski definition) is 8. The molecule has 9 N–H and O–H groups in total. The summed E-state index contributed by atoms with van der Waals surface area (Å²) in [6.45, 7) is 1.10. The SMILES string of the molecule is CC(NC(=O)C(CC(=O)O)NC(=O)C(N)CC(=O)O)C(=O)NC(CC(=O)O)C(=O)O. The Labute approximate surface area is 168 Å². The maximum atomic E-state index is 12.2. The van der Waals surface area contributed by atoms with Crippen LogP contribution in [0.15, 0.2) is 0 Å². The summed E-state index contributed by atoms with van der Waals surface area (Å²) in [4.78, 5) is 79.2. The minimum atomic E-state index is -1.78. The van der Waals surface area contributed by atoms with Crippen molar-refractivity contribution in [2.75, 3.05) is 0 Å². The third kappa shape index (κ3) is 9.98. The zero-order valence-electron chi connectivity index (χ0n) is 15.7. The topological polar surface area (TPSA) is 263 Å². The molecule has 0 aromatic carbocycles. The summed E-state index contributed by atoms with van der Waals surface area (Å²) >= 11 is 0. The fraction of sp³-hybridized carbons (Fsp3) is 0.533. The zero-order valence-corrected chi connectivity index (χ0v) is 15.7. The standard InChI is InChI=1S/C15H22N4O11/c1-5(12(26)19-8(15(29)30)4-11(24)25)17-14(28)7(3-10(22)23)18-13(27)6(16)2-9(20)21/h5-8H,2-4,16H2,1H3,(H,17,28)(H,18,27)(H,19,26)(H,20,21)(H,22,23)(H,24,25)(H,29,30). The molecule has 0 bridgehead atoms. The van der Waals surface area contributed by atoms with Crippen LogP contribution in [0.3, 0.4) is 0 Å². The van der Waals surface area contributed by atoms with Crippen LogP contribution in [0.5, 0.6) is 0 Å². The Balaban J connectivity index is 5.12. The first-order valence-electron chi connectivity index (χ1n) is 8.29. The molecule has 0 saturated carbocycles.